The van der Waals surface area contributed by atoms with Gasteiger partial charge in [-0.05, 0) is 32.5 Å². The Morgan fingerprint density at radius 1 is 1.45 bits per heavy atom. The molecule has 2 rings (SSSR count). The predicted octanol–water partition coefficient (Wildman–Crippen LogP) is 2.05. The van der Waals surface area contributed by atoms with E-state index in [0.717, 1.165) is 29.7 Å². The summed E-state index contributed by atoms with van der Waals surface area (Å²) >= 11 is 0. The van der Waals surface area contributed by atoms with E-state index in [-0.39, 0.29) is 0 Å². The molecule has 2 aromatic rings. The summed E-state index contributed by atoms with van der Waals surface area (Å²) in [6.45, 7) is 4.15. The molecule has 0 aliphatic rings. The minimum atomic E-state index is -1.01. The van der Waals surface area contributed by atoms with Crippen LogP contribution in [0.25, 0.3) is 11.0 Å². The van der Waals surface area contributed by atoms with Crippen LogP contribution in [-0.2, 0) is 17.8 Å². The Hall–Kier alpha value is -1.88. The van der Waals surface area contributed by atoms with E-state index in [1.807, 2.05) is 28.8 Å². The number of hydrogen-bond donors (Lipinski definition) is 2. The first kappa shape index (κ1) is 14.5. The smallest absolute Gasteiger partial charge is 0.325 e. The number of rotatable bonds is 6. The number of likely N-dealkylation sites (N-methyl/N-ethyl adjacent to an activating group) is 1. The van der Waals surface area contributed by atoms with E-state index in [4.69, 9.17) is 0 Å². The maximum atomic E-state index is 11.5. The third-order valence-corrected chi connectivity index (χ3v) is 3.71. The zero-order valence-electron chi connectivity index (χ0n) is 12.2. The Kier molecular flexibility index (Phi) is 4.09. The molecule has 1 atom stereocenters. The van der Waals surface area contributed by atoms with Crippen molar-refractivity contribution in [3.05, 3.63) is 30.1 Å². The van der Waals surface area contributed by atoms with E-state index in [1.54, 1.807) is 14.0 Å². The van der Waals surface area contributed by atoms with Gasteiger partial charge in [-0.2, -0.15) is 0 Å². The topological polar surface area (TPSA) is 67.2 Å². The standard InChI is InChI=1S/C15H21N3O2/c1-4-7-13-17-11-8-5-6-9-12(11)18(13)10-15(2,16-3)14(19)20/h5-6,8-9,16H,4,7,10H2,1-3H3,(H,19,20). The fraction of sp³-hybridized carbons (Fsp3) is 0.467. The van der Waals surface area contributed by atoms with Gasteiger partial charge in [-0.25, -0.2) is 4.98 Å². The van der Waals surface area contributed by atoms with Crippen molar-refractivity contribution in [2.45, 2.75) is 38.8 Å². The molecule has 0 saturated carbocycles. The van der Waals surface area contributed by atoms with Crippen LogP contribution >= 0.6 is 0 Å². The highest BCUT2D eigenvalue weighted by Crippen LogP contribution is 2.20. The molecule has 0 fully saturated rings. The van der Waals surface area contributed by atoms with Crippen molar-refractivity contribution in [3.8, 4) is 0 Å². The Bertz CT molecular complexity index is 621. The van der Waals surface area contributed by atoms with Gasteiger partial charge in [-0.3, -0.25) is 4.79 Å². The number of para-hydroxylation sites is 2. The average Bonchev–Trinajstić information content (AvgIpc) is 2.77. The van der Waals surface area contributed by atoms with E-state index in [2.05, 4.69) is 17.2 Å². The number of nitrogens with zero attached hydrogens (tertiary/aromatic N) is 2. The second-order valence-corrected chi connectivity index (χ2v) is 5.24. The summed E-state index contributed by atoms with van der Waals surface area (Å²) in [5, 5.41) is 12.3. The van der Waals surface area contributed by atoms with Crippen LogP contribution in [0.4, 0.5) is 0 Å². The molecule has 0 saturated heterocycles. The second-order valence-electron chi connectivity index (χ2n) is 5.24. The minimum absolute atomic E-state index is 0.356. The van der Waals surface area contributed by atoms with E-state index < -0.39 is 11.5 Å². The second kappa shape index (κ2) is 5.63. The number of aryl methyl sites for hydroxylation is 1. The number of aromatic nitrogens is 2. The number of fused-ring (bicyclic) bond motifs is 1. The lowest BCUT2D eigenvalue weighted by molar-refractivity contribution is -0.144. The number of imidazole rings is 1. The van der Waals surface area contributed by atoms with E-state index in [1.165, 1.54) is 0 Å². The van der Waals surface area contributed by atoms with Gasteiger partial charge in [0.15, 0.2) is 0 Å². The van der Waals surface area contributed by atoms with Crippen molar-refractivity contribution < 1.29 is 9.90 Å². The molecule has 0 amide bonds. The van der Waals surface area contributed by atoms with Crippen molar-refractivity contribution in [3.63, 3.8) is 0 Å². The Labute approximate surface area is 118 Å². The number of nitrogens with one attached hydrogen (secondary N) is 1. The molecule has 1 aromatic carbocycles. The quantitative estimate of drug-likeness (QED) is 0.846. The van der Waals surface area contributed by atoms with Crippen molar-refractivity contribution in [2.75, 3.05) is 7.05 Å². The molecule has 0 spiro atoms. The lowest BCUT2D eigenvalue weighted by atomic mass is 10.0. The zero-order valence-corrected chi connectivity index (χ0v) is 12.2. The summed E-state index contributed by atoms with van der Waals surface area (Å²) in [6, 6.07) is 7.85. The number of hydrogen-bond acceptors (Lipinski definition) is 3. The van der Waals surface area contributed by atoms with Crippen molar-refractivity contribution in [1.82, 2.24) is 14.9 Å². The van der Waals surface area contributed by atoms with Crippen LogP contribution < -0.4 is 5.32 Å². The largest absolute Gasteiger partial charge is 0.480 e. The highest BCUT2D eigenvalue weighted by Gasteiger charge is 2.32. The van der Waals surface area contributed by atoms with Crippen LogP contribution in [-0.4, -0.2) is 33.2 Å². The number of benzene rings is 1. The van der Waals surface area contributed by atoms with Crippen LogP contribution in [0.15, 0.2) is 24.3 Å². The molecular formula is C15H21N3O2. The maximum Gasteiger partial charge on any atom is 0.325 e. The summed E-state index contributed by atoms with van der Waals surface area (Å²) in [4.78, 5) is 16.1. The first-order valence-electron chi connectivity index (χ1n) is 6.88. The fourth-order valence-electron chi connectivity index (χ4n) is 2.29. The zero-order chi connectivity index (χ0) is 14.8. The highest BCUT2D eigenvalue weighted by atomic mass is 16.4. The summed E-state index contributed by atoms with van der Waals surface area (Å²) in [5.41, 5.74) is 0.893. The Morgan fingerprint density at radius 3 is 2.75 bits per heavy atom. The third kappa shape index (κ3) is 2.54. The molecule has 1 aromatic heterocycles. The molecule has 0 radical (unpaired) electrons. The van der Waals surface area contributed by atoms with E-state index in [9.17, 15) is 9.90 Å². The molecule has 5 nitrogen and oxygen atoms in total. The first-order chi connectivity index (χ1) is 9.51. The van der Waals surface area contributed by atoms with Gasteiger partial charge in [0.1, 0.15) is 11.4 Å². The molecule has 0 aliphatic carbocycles. The van der Waals surface area contributed by atoms with E-state index >= 15 is 0 Å². The molecule has 108 valence electrons. The number of aliphatic carboxylic acids is 1. The maximum absolute atomic E-state index is 11.5. The van der Waals surface area contributed by atoms with Gasteiger partial charge in [0, 0.05) is 6.42 Å². The monoisotopic (exact) mass is 275 g/mol. The van der Waals surface area contributed by atoms with Gasteiger partial charge < -0.3 is 15.0 Å². The molecular weight excluding hydrogens is 254 g/mol. The summed E-state index contributed by atoms with van der Waals surface area (Å²) in [7, 11) is 1.67. The number of carboxylic acid groups (broad SMARTS) is 1. The van der Waals surface area contributed by atoms with Crippen LogP contribution in [0.3, 0.4) is 0 Å². The van der Waals surface area contributed by atoms with Gasteiger partial charge in [-0.1, -0.05) is 19.1 Å². The van der Waals surface area contributed by atoms with Crippen molar-refractivity contribution in [2.24, 2.45) is 0 Å². The average molecular weight is 275 g/mol. The molecule has 1 heterocycles. The van der Waals surface area contributed by atoms with Gasteiger partial charge in [-0.15, -0.1) is 0 Å². The van der Waals surface area contributed by atoms with Crippen LogP contribution in [0, 0.1) is 0 Å². The van der Waals surface area contributed by atoms with Crippen molar-refractivity contribution in [1.29, 1.82) is 0 Å². The normalized spacial score (nSPS) is 14.3. The van der Waals surface area contributed by atoms with Gasteiger partial charge in [0.25, 0.3) is 0 Å². The van der Waals surface area contributed by atoms with Gasteiger partial charge >= 0.3 is 5.97 Å². The Morgan fingerprint density at radius 2 is 2.15 bits per heavy atom. The molecule has 0 aliphatic heterocycles. The van der Waals surface area contributed by atoms with E-state index in [0.29, 0.717) is 6.54 Å². The third-order valence-electron chi connectivity index (χ3n) is 3.71. The Balaban J connectivity index is 2.51. The molecule has 20 heavy (non-hydrogen) atoms. The van der Waals surface area contributed by atoms with Crippen LogP contribution in [0.5, 0.6) is 0 Å². The van der Waals surface area contributed by atoms with Crippen LogP contribution in [0.2, 0.25) is 0 Å². The fourth-order valence-corrected chi connectivity index (χ4v) is 2.29. The number of carboxylic acids is 1. The first-order valence-corrected chi connectivity index (χ1v) is 6.88. The summed E-state index contributed by atoms with van der Waals surface area (Å²) < 4.78 is 2.02. The summed E-state index contributed by atoms with van der Waals surface area (Å²) in [6.07, 6.45) is 1.82. The highest BCUT2D eigenvalue weighted by molar-refractivity contribution is 5.80. The molecule has 5 heteroatoms. The van der Waals surface area contributed by atoms with Gasteiger partial charge in [0.05, 0.1) is 17.6 Å². The minimum Gasteiger partial charge on any atom is -0.480 e. The summed E-state index contributed by atoms with van der Waals surface area (Å²) in [5.74, 6) is 0.0802. The van der Waals surface area contributed by atoms with Gasteiger partial charge in [0.2, 0.25) is 0 Å². The molecule has 0 bridgehead atoms. The van der Waals surface area contributed by atoms with Crippen molar-refractivity contribution >= 4 is 17.0 Å². The molecule has 2 N–H and O–H groups in total. The molecule has 1 unspecified atom stereocenters. The lowest BCUT2D eigenvalue weighted by Crippen LogP contribution is -2.51. The number of carbonyl (C=O) groups is 1. The van der Waals surface area contributed by atoms with Crippen LogP contribution in [0.1, 0.15) is 26.1 Å². The predicted molar refractivity (Wildman–Crippen MR) is 78.8 cm³/mol. The lowest BCUT2D eigenvalue weighted by Gasteiger charge is -2.26. The SMILES string of the molecule is CCCc1nc2ccccc2n1CC(C)(NC)C(=O)O.